The quantitative estimate of drug-likeness (QED) is 0.312. The van der Waals surface area contributed by atoms with Gasteiger partial charge in [0.2, 0.25) is 0 Å². The van der Waals surface area contributed by atoms with Crippen LogP contribution in [-0.2, 0) is 10.0 Å². The normalized spacial score (nSPS) is 11.7. The van der Waals surface area contributed by atoms with Crippen molar-refractivity contribution in [3.05, 3.63) is 84.2 Å². The van der Waals surface area contributed by atoms with Gasteiger partial charge in [-0.2, -0.15) is 0 Å². The van der Waals surface area contributed by atoms with E-state index in [0.29, 0.717) is 34.0 Å². The van der Waals surface area contributed by atoms with Gasteiger partial charge in [-0.1, -0.05) is 35.6 Å². The molecule has 3 aromatic carbocycles. The lowest BCUT2D eigenvalue weighted by Gasteiger charge is -2.22. The predicted octanol–water partition coefficient (Wildman–Crippen LogP) is 4.86. The molecule has 4 aromatic rings. The number of hydrogen-bond acceptors (Lipinski definition) is 6. The fraction of sp³-hybridized carbons (Fsp3) is 0.231. The Balaban J connectivity index is 1.62. The molecule has 36 heavy (non-hydrogen) atoms. The maximum absolute atomic E-state index is 14.3. The molecule has 7 nitrogen and oxygen atoms in total. The summed E-state index contributed by atoms with van der Waals surface area (Å²) >= 11 is 1.25. The molecule has 188 valence electrons. The molecule has 0 unspecified atom stereocenters. The second kappa shape index (κ2) is 10.7. The number of carbonyl (C=O) groups excluding carboxylic acids is 1. The zero-order valence-corrected chi connectivity index (χ0v) is 21.9. The Morgan fingerprint density at radius 2 is 1.61 bits per heavy atom. The zero-order valence-electron chi connectivity index (χ0n) is 20.3. The van der Waals surface area contributed by atoms with Crippen LogP contribution in [-0.4, -0.2) is 58.4 Å². The SMILES string of the molecule is CN(C)CCCN(C(=O)c1ccc(S(=O)(=O)N(C)c2ccccc2)cc1)c1nc2c(F)cccc2s1. The molecule has 0 radical (unpaired) electrons. The molecule has 10 heteroatoms. The first-order valence-corrected chi connectivity index (χ1v) is 13.6. The van der Waals surface area contributed by atoms with Crippen LogP contribution < -0.4 is 9.21 Å². The van der Waals surface area contributed by atoms with Crippen molar-refractivity contribution in [1.29, 1.82) is 0 Å². The van der Waals surface area contributed by atoms with Crippen LogP contribution in [0.4, 0.5) is 15.2 Å². The van der Waals surface area contributed by atoms with E-state index in [0.717, 1.165) is 6.54 Å². The standard InChI is InChI=1S/C26H27FN4O3S2/c1-29(2)17-8-18-31(26-28-24-22(27)11-7-12-23(24)35-26)25(32)19-13-15-21(16-14-19)36(33,34)30(3)20-9-5-4-6-10-20/h4-7,9-16H,8,17-18H2,1-3H3. The second-order valence-electron chi connectivity index (χ2n) is 8.53. The third-order valence-electron chi connectivity index (χ3n) is 5.70. The third-order valence-corrected chi connectivity index (χ3v) is 8.54. The molecule has 0 fully saturated rings. The molecule has 0 saturated heterocycles. The Morgan fingerprint density at radius 3 is 2.25 bits per heavy atom. The van der Waals surface area contributed by atoms with E-state index in [2.05, 4.69) is 4.98 Å². The highest BCUT2D eigenvalue weighted by Gasteiger charge is 2.25. The summed E-state index contributed by atoms with van der Waals surface area (Å²) in [6, 6.07) is 19.4. The molecular weight excluding hydrogens is 499 g/mol. The molecule has 0 aliphatic rings. The van der Waals surface area contributed by atoms with Gasteiger partial charge in [0, 0.05) is 19.2 Å². The van der Waals surface area contributed by atoms with Gasteiger partial charge in [0.25, 0.3) is 15.9 Å². The first-order chi connectivity index (χ1) is 17.2. The van der Waals surface area contributed by atoms with Gasteiger partial charge in [0.15, 0.2) is 5.13 Å². The van der Waals surface area contributed by atoms with Gasteiger partial charge in [-0.05, 0) is 75.6 Å². The van der Waals surface area contributed by atoms with Gasteiger partial charge < -0.3 is 4.90 Å². The number of hydrogen-bond donors (Lipinski definition) is 0. The number of halogens is 1. The van der Waals surface area contributed by atoms with E-state index in [-0.39, 0.29) is 16.3 Å². The summed E-state index contributed by atoms with van der Waals surface area (Å²) in [6.07, 6.45) is 0.686. The molecular formula is C26H27FN4O3S2. The lowest BCUT2D eigenvalue weighted by atomic mass is 10.2. The van der Waals surface area contributed by atoms with Crippen molar-refractivity contribution in [3.63, 3.8) is 0 Å². The topological polar surface area (TPSA) is 73.8 Å². The highest BCUT2D eigenvalue weighted by molar-refractivity contribution is 7.92. The van der Waals surface area contributed by atoms with Crippen LogP contribution in [0.1, 0.15) is 16.8 Å². The number of nitrogens with zero attached hydrogens (tertiary/aromatic N) is 4. The number of fused-ring (bicyclic) bond motifs is 1. The van der Waals surface area contributed by atoms with Gasteiger partial charge in [-0.15, -0.1) is 0 Å². The van der Waals surface area contributed by atoms with Crippen molar-refractivity contribution in [2.45, 2.75) is 11.3 Å². The fourth-order valence-corrected chi connectivity index (χ4v) is 5.91. The van der Waals surface area contributed by atoms with Crippen LogP contribution in [0, 0.1) is 5.82 Å². The predicted molar refractivity (Wildman–Crippen MR) is 143 cm³/mol. The maximum atomic E-state index is 14.3. The van der Waals surface area contributed by atoms with E-state index < -0.39 is 15.8 Å². The van der Waals surface area contributed by atoms with E-state index in [1.807, 2.05) is 25.1 Å². The van der Waals surface area contributed by atoms with Crippen molar-refractivity contribution in [3.8, 4) is 0 Å². The second-order valence-corrected chi connectivity index (χ2v) is 11.5. The Kier molecular flexibility index (Phi) is 7.67. The fourth-order valence-electron chi connectivity index (χ4n) is 3.71. The summed E-state index contributed by atoms with van der Waals surface area (Å²) in [5.74, 6) is -0.763. The average molecular weight is 527 g/mol. The number of carbonyl (C=O) groups is 1. The lowest BCUT2D eigenvalue weighted by Crippen LogP contribution is -2.33. The van der Waals surface area contributed by atoms with Gasteiger partial charge in [0.05, 0.1) is 15.3 Å². The van der Waals surface area contributed by atoms with Gasteiger partial charge in [-0.25, -0.2) is 17.8 Å². The number of amides is 1. The van der Waals surface area contributed by atoms with Crippen LogP contribution >= 0.6 is 11.3 Å². The Labute approximate surface area is 214 Å². The Hall–Kier alpha value is -3.34. The van der Waals surface area contributed by atoms with Crippen LogP contribution in [0.3, 0.4) is 0 Å². The summed E-state index contributed by atoms with van der Waals surface area (Å²) < 4.78 is 42.3. The molecule has 0 atom stereocenters. The highest BCUT2D eigenvalue weighted by atomic mass is 32.2. The van der Waals surface area contributed by atoms with Crippen LogP contribution in [0.25, 0.3) is 10.2 Å². The minimum atomic E-state index is -3.80. The number of aromatic nitrogens is 1. The summed E-state index contributed by atoms with van der Waals surface area (Å²) in [5.41, 5.74) is 1.09. The number of benzene rings is 3. The molecule has 0 spiro atoms. The number of anilines is 2. The van der Waals surface area contributed by atoms with Crippen LogP contribution in [0.15, 0.2) is 77.7 Å². The van der Waals surface area contributed by atoms with E-state index in [4.69, 9.17) is 0 Å². The average Bonchev–Trinajstić information content (AvgIpc) is 3.31. The minimum absolute atomic E-state index is 0.0756. The molecule has 0 saturated carbocycles. The van der Waals surface area contributed by atoms with Gasteiger partial charge in [-0.3, -0.25) is 14.0 Å². The summed E-state index contributed by atoms with van der Waals surface area (Å²) in [6.45, 7) is 1.14. The smallest absolute Gasteiger partial charge is 0.264 e. The molecule has 0 aliphatic carbocycles. The van der Waals surface area contributed by atoms with Crippen molar-refractivity contribution in [1.82, 2.24) is 9.88 Å². The van der Waals surface area contributed by atoms with Crippen molar-refractivity contribution in [2.75, 3.05) is 43.4 Å². The molecule has 1 amide bonds. The molecule has 4 rings (SSSR count). The van der Waals surface area contributed by atoms with E-state index in [1.54, 1.807) is 36.4 Å². The minimum Gasteiger partial charge on any atom is -0.309 e. The van der Waals surface area contributed by atoms with E-state index >= 15 is 0 Å². The Morgan fingerprint density at radius 1 is 0.917 bits per heavy atom. The molecule has 0 aliphatic heterocycles. The number of sulfonamides is 1. The first-order valence-electron chi connectivity index (χ1n) is 11.3. The van der Waals surface area contributed by atoms with Crippen molar-refractivity contribution in [2.24, 2.45) is 0 Å². The monoisotopic (exact) mass is 526 g/mol. The largest absolute Gasteiger partial charge is 0.309 e. The lowest BCUT2D eigenvalue weighted by molar-refractivity contribution is 0.0986. The summed E-state index contributed by atoms with van der Waals surface area (Å²) in [4.78, 5) is 21.6. The zero-order chi connectivity index (χ0) is 25.9. The third kappa shape index (κ3) is 5.40. The summed E-state index contributed by atoms with van der Waals surface area (Å²) in [5, 5.41) is 0.402. The van der Waals surface area contributed by atoms with Crippen molar-refractivity contribution < 1.29 is 17.6 Å². The van der Waals surface area contributed by atoms with Gasteiger partial charge >= 0.3 is 0 Å². The van der Waals surface area contributed by atoms with Gasteiger partial charge in [0.1, 0.15) is 11.3 Å². The number of para-hydroxylation sites is 2. The van der Waals surface area contributed by atoms with E-state index in [9.17, 15) is 17.6 Å². The molecule has 1 aromatic heterocycles. The van der Waals surface area contributed by atoms with E-state index in [1.165, 1.54) is 57.9 Å². The number of thiazole rings is 1. The Bertz CT molecular complexity index is 1460. The number of rotatable bonds is 9. The molecule has 0 N–H and O–H groups in total. The first kappa shape index (κ1) is 25.7. The molecule has 1 heterocycles. The van der Waals surface area contributed by atoms with Crippen LogP contribution in [0.5, 0.6) is 0 Å². The summed E-state index contributed by atoms with van der Waals surface area (Å²) in [7, 11) is 1.59. The molecule has 0 bridgehead atoms. The maximum Gasteiger partial charge on any atom is 0.264 e. The van der Waals surface area contributed by atoms with Crippen molar-refractivity contribution >= 4 is 48.3 Å². The highest BCUT2D eigenvalue weighted by Crippen LogP contribution is 2.31. The van der Waals surface area contributed by atoms with Crippen LogP contribution in [0.2, 0.25) is 0 Å².